The molecule has 2 unspecified atom stereocenters. The van der Waals surface area contributed by atoms with Crippen LogP contribution in [0.15, 0.2) is 12.4 Å². The number of aromatic nitrogens is 2. The molecule has 2 rings (SSSR count). The summed E-state index contributed by atoms with van der Waals surface area (Å²) in [6, 6.07) is -0.212. The van der Waals surface area contributed by atoms with Crippen LogP contribution in [0.4, 0.5) is 0 Å². The third-order valence-electron chi connectivity index (χ3n) is 4.32. The zero-order valence-electron chi connectivity index (χ0n) is 13.0. The minimum absolute atomic E-state index is 0.166. The highest BCUT2D eigenvalue weighted by molar-refractivity contribution is 5.75. The van der Waals surface area contributed by atoms with Gasteiger partial charge in [0.1, 0.15) is 18.0 Å². The van der Waals surface area contributed by atoms with Crippen LogP contribution in [-0.2, 0) is 16.6 Å². The third kappa shape index (κ3) is 3.63. The predicted molar refractivity (Wildman–Crippen MR) is 78.6 cm³/mol. The number of imidazole rings is 1. The third-order valence-corrected chi connectivity index (χ3v) is 4.32. The maximum Gasteiger partial charge on any atom is 0.323 e. The van der Waals surface area contributed by atoms with Gasteiger partial charge in [-0.2, -0.15) is 0 Å². The molecule has 2 heterocycles. The van der Waals surface area contributed by atoms with E-state index in [0.717, 1.165) is 25.9 Å². The lowest BCUT2D eigenvalue weighted by atomic mass is 9.90. The minimum Gasteiger partial charge on any atom is -0.465 e. The zero-order valence-corrected chi connectivity index (χ0v) is 13.0. The van der Waals surface area contributed by atoms with E-state index in [1.165, 1.54) is 0 Å². The number of aliphatic hydroxyl groups is 1. The number of hydrogen-bond acceptors (Lipinski definition) is 5. The van der Waals surface area contributed by atoms with Crippen molar-refractivity contribution < 1.29 is 14.6 Å². The van der Waals surface area contributed by atoms with Gasteiger partial charge < -0.3 is 14.4 Å². The Morgan fingerprint density at radius 2 is 2.19 bits per heavy atom. The molecule has 1 N–H and O–H groups in total. The molecule has 21 heavy (non-hydrogen) atoms. The van der Waals surface area contributed by atoms with Gasteiger partial charge >= 0.3 is 5.97 Å². The van der Waals surface area contributed by atoms with E-state index < -0.39 is 6.10 Å². The van der Waals surface area contributed by atoms with Crippen molar-refractivity contribution in [3.63, 3.8) is 0 Å². The highest BCUT2D eigenvalue weighted by Gasteiger charge is 2.32. The molecule has 1 aliphatic rings. The molecule has 1 aliphatic heterocycles. The molecular formula is C15H25N3O3. The Morgan fingerprint density at radius 1 is 1.52 bits per heavy atom. The van der Waals surface area contributed by atoms with E-state index in [1.54, 1.807) is 6.20 Å². The van der Waals surface area contributed by atoms with Gasteiger partial charge in [-0.3, -0.25) is 9.69 Å². The molecule has 0 spiro atoms. The number of aliphatic hydroxyl groups excluding tert-OH is 1. The van der Waals surface area contributed by atoms with Crippen LogP contribution < -0.4 is 0 Å². The number of ether oxygens (including phenoxy) is 1. The molecule has 0 saturated carbocycles. The summed E-state index contributed by atoms with van der Waals surface area (Å²) in [7, 11) is 1.89. The van der Waals surface area contributed by atoms with E-state index in [4.69, 9.17) is 4.74 Å². The lowest BCUT2D eigenvalue weighted by molar-refractivity contribution is -0.149. The molecule has 2 atom stereocenters. The maximum absolute atomic E-state index is 11.8. The smallest absolute Gasteiger partial charge is 0.323 e. The van der Waals surface area contributed by atoms with Gasteiger partial charge in [0.2, 0.25) is 0 Å². The molecular weight excluding hydrogens is 270 g/mol. The van der Waals surface area contributed by atoms with Gasteiger partial charge in [0.15, 0.2) is 0 Å². The number of likely N-dealkylation sites (tertiary alicyclic amines) is 1. The van der Waals surface area contributed by atoms with Gasteiger partial charge in [-0.25, -0.2) is 4.98 Å². The van der Waals surface area contributed by atoms with E-state index in [-0.39, 0.29) is 17.9 Å². The van der Waals surface area contributed by atoms with Crippen molar-refractivity contribution in [3.8, 4) is 0 Å². The number of aryl methyl sites for hydroxylation is 1. The Balaban J connectivity index is 1.88. The second-order valence-electron chi connectivity index (χ2n) is 5.64. The molecule has 6 nitrogen and oxygen atoms in total. The summed E-state index contributed by atoms with van der Waals surface area (Å²) in [5.41, 5.74) is 0. The minimum atomic E-state index is -0.537. The summed E-state index contributed by atoms with van der Waals surface area (Å²) in [5.74, 6) is 0.740. The van der Waals surface area contributed by atoms with Crippen molar-refractivity contribution in [1.29, 1.82) is 0 Å². The van der Waals surface area contributed by atoms with E-state index in [0.29, 0.717) is 12.4 Å². The van der Waals surface area contributed by atoms with Crippen LogP contribution in [0.25, 0.3) is 0 Å². The molecule has 6 heteroatoms. The normalized spacial score (nSPS) is 20.2. The van der Waals surface area contributed by atoms with Gasteiger partial charge in [-0.1, -0.05) is 0 Å². The van der Waals surface area contributed by atoms with E-state index >= 15 is 0 Å². The first-order chi connectivity index (χ1) is 10.0. The maximum atomic E-state index is 11.8. The lowest BCUT2D eigenvalue weighted by Gasteiger charge is -2.36. The Bertz CT molecular complexity index is 466. The summed E-state index contributed by atoms with van der Waals surface area (Å²) in [4.78, 5) is 18.1. The zero-order chi connectivity index (χ0) is 15.4. The molecule has 118 valence electrons. The average Bonchev–Trinajstić information content (AvgIpc) is 2.92. The van der Waals surface area contributed by atoms with Crippen LogP contribution >= 0.6 is 0 Å². The standard InChI is InChI=1S/C15H25N3O3/c1-4-21-15(20)11(2)18-8-5-12(6-9-18)13(19)14-16-7-10-17(14)3/h7,10-13,19H,4-6,8-9H2,1-3H3. The Kier molecular flexibility index (Phi) is 5.36. The predicted octanol–water partition coefficient (Wildman–Crippen LogP) is 1.12. The van der Waals surface area contributed by atoms with E-state index in [2.05, 4.69) is 9.88 Å². The second kappa shape index (κ2) is 7.04. The average molecular weight is 295 g/mol. The van der Waals surface area contributed by atoms with Gasteiger partial charge in [-0.05, 0) is 45.7 Å². The van der Waals surface area contributed by atoms with Crippen LogP contribution in [-0.4, -0.2) is 51.3 Å². The number of nitrogens with zero attached hydrogens (tertiary/aromatic N) is 3. The molecule has 0 aromatic carbocycles. The van der Waals surface area contributed by atoms with Crippen molar-refractivity contribution in [1.82, 2.24) is 14.5 Å². The molecule has 0 bridgehead atoms. The largest absolute Gasteiger partial charge is 0.465 e. The summed E-state index contributed by atoms with van der Waals surface area (Å²) in [6.07, 6.45) is 4.73. The fourth-order valence-corrected chi connectivity index (χ4v) is 2.91. The second-order valence-corrected chi connectivity index (χ2v) is 5.64. The first kappa shape index (κ1) is 16.0. The number of piperidine rings is 1. The molecule has 0 amide bonds. The number of esters is 1. The quantitative estimate of drug-likeness (QED) is 0.824. The number of carbonyl (C=O) groups excluding carboxylic acids is 1. The van der Waals surface area contributed by atoms with Crippen molar-refractivity contribution in [2.75, 3.05) is 19.7 Å². The van der Waals surface area contributed by atoms with Gasteiger partial charge in [0.05, 0.1) is 6.61 Å². The molecule has 0 radical (unpaired) electrons. The Morgan fingerprint density at radius 3 is 2.71 bits per heavy atom. The summed E-state index contributed by atoms with van der Waals surface area (Å²) in [6.45, 7) is 5.71. The fraction of sp³-hybridized carbons (Fsp3) is 0.733. The van der Waals surface area contributed by atoms with Crippen LogP contribution in [0.2, 0.25) is 0 Å². The topological polar surface area (TPSA) is 67.6 Å². The van der Waals surface area contributed by atoms with Crippen LogP contribution in [0.1, 0.15) is 38.6 Å². The van der Waals surface area contributed by atoms with E-state index in [1.807, 2.05) is 31.7 Å². The van der Waals surface area contributed by atoms with Crippen molar-refractivity contribution >= 4 is 5.97 Å². The van der Waals surface area contributed by atoms with Crippen molar-refractivity contribution in [2.45, 2.75) is 38.8 Å². The highest BCUT2D eigenvalue weighted by atomic mass is 16.5. The van der Waals surface area contributed by atoms with Gasteiger partial charge in [0, 0.05) is 19.4 Å². The molecule has 1 fully saturated rings. The molecule has 1 aromatic rings. The van der Waals surface area contributed by atoms with Crippen LogP contribution in [0, 0.1) is 5.92 Å². The number of carbonyl (C=O) groups is 1. The number of hydrogen-bond donors (Lipinski definition) is 1. The molecule has 0 aliphatic carbocycles. The summed E-state index contributed by atoms with van der Waals surface area (Å²) >= 11 is 0. The Labute approximate surface area is 125 Å². The van der Waals surface area contributed by atoms with Gasteiger partial charge in [0.25, 0.3) is 0 Å². The van der Waals surface area contributed by atoms with Crippen molar-refractivity contribution in [2.24, 2.45) is 13.0 Å². The number of rotatable bonds is 5. The van der Waals surface area contributed by atoms with E-state index in [9.17, 15) is 9.90 Å². The summed E-state index contributed by atoms with van der Waals surface area (Å²) in [5, 5.41) is 10.4. The first-order valence-electron chi connectivity index (χ1n) is 7.60. The van der Waals surface area contributed by atoms with Gasteiger partial charge in [-0.15, -0.1) is 0 Å². The molecule has 1 aromatic heterocycles. The first-order valence-corrected chi connectivity index (χ1v) is 7.60. The fourth-order valence-electron chi connectivity index (χ4n) is 2.91. The van der Waals surface area contributed by atoms with Crippen LogP contribution in [0.5, 0.6) is 0 Å². The summed E-state index contributed by atoms with van der Waals surface area (Å²) < 4.78 is 6.92. The lowest BCUT2D eigenvalue weighted by Crippen LogP contribution is -2.45. The Hall–Kier alpha value is -1.40. The van der Waals surface area contributed by atoms with Crippen LogP contribution in [0.3, 0.4) is 0 Å². The monoisotopic (exact) mass is 295 g/mol. The SMILES string of the molecule is CCOC(=O)C(C)N1CCC(C(O)c2nccn2C)CC1. The van der Waals surface area contributed by atoms with Crippen molar-refractivity contribution in [3.05, 3.63) is 18.2 Å². The highest BCUT2D eigenvalue weighted by Crippen LogP contribution is 2.30. The molecule has 1 saturated heterocycles.